The van der Waals surface area contributed by atoms with Crippen LogP contribution in [-0.4, -0.2) is 40.8 Å². The number of carboxylic acid groups (broad SMARTS) is 1. The van der Waals surface area contributed by atoms with Gasteiger partial charge in [-0.15, -0.1) is 0 Å². The van der Waals surface area contributed by atoms with Crippen LogP contribution < -0.4 is 0 Å². The van der Waals surface area contributed by atoms with Gasteiger partial charge in [0.25, 0.3) is 0 Å². The van der Waals surface area contributed by atoms with E-state index in [-0.39, 0.29) is 11.5 Å². The van der Waals surface area contributed by atoms with Crippen LogP contribution in [0.15, 0.2) is 24.3 Å². The Balaban J connectivity index is 2.38. The fraction of sp³-hybridized carbons (Fsp3) is 0.308. The minimum absolute atomic E-state index is 0.0210. The van der Waals surface area contributed by atoms with E-state index in [1.54, 1.807) is 6.92 Å². The highest BCUT2D eigenvalue weighted by atomic mass is 19.1. The summed E-state index contributed by atoms with van der Waals surface area (Å²) in [7, 11) is 0. The molecule has 1 N–H and O–H groups in total. The Hall–Kier alpha value is -2.64. The number of carbonyl (C=O) groups excluding carboxylic acids is 2. The number of hydrogen-bond donors (Lipinski definition) is 1. The largest absolute Gasteiger partial charge is 0.464 e. The zero-order valence-electron chi connectivity index (χ0n) is 11.0. The molecule has 0 saturated carbocycles. The molecule has 1 heterocycles. The second-order valence-corrected chi connectivity index (χ2v) is 4.21. The summed E-state index contributed by atoms with van der Waals surface area (Å²) in [5.74, 6) is -1.41. The standard InChI is InChI=1S/C13H12FNO6/c1-2-20-11(16)9-10(7-3-5-8(14)6-4-7)21-13(19)15(9)12(17)18/h3-6,9-10H,2H2,1H3,(H,17,18). The van der Waals surface area contributed by atoms with Gasteiger partial charge in [-0.1, -0.05) is 12.1 Å². The quantitative estimate of drug-likeness (QED) is 0.857. The van der Waals surface area contributed by atoms with Crippen molar-refractivity contribution in [3.63, 3.8) is 0 Å². The fourth-order valence-electron chi connectivity index (χ4n) is 2.04. The summed E-state index contributed by atoms with van der Waals surface area (Å²) in [5.41, 5.74) is 0.298. The fourth-order valence-corrected chi connectivity index (χ4v) is 2.04. The number of amides is 2. The van der Waals surface area contributed by atoms with Crippen LogP contribution in [0.5, 0.6) is 0 Å². The molecule has 1 aromatic rings. The van der Waals surface area contributed by atoms with Gasteiger partial charge in [0.15, 0.2) is 12.1 Å². The molecule has 2 atom stereocenters. The number of halogens is 1. The molecular formula is C13H12FNO6. The molecule has 0 aromatic heterocycles. The zero-order chi connectivity index (χ0) is 15.6. The molecule has 112 valence electrons. The van der Waals surface area contributed by atoms with Crippen LogP contribution in [0.25, 0.3) is 0 Å². The number of imide groups is 1. The third kappa shape index (κ3) is 2.78. The molecule has 0 spiro atoms. The van der Waals surface area contributed by atoms with E-state index in [9.17, 15) is 18.8 Å². The SMILES string of the molecule is CCOC(=O)C1C(c2ccc(F)cc2)OC(=O)N1C(=O)O. The molecule has 0 aliphatic carbocycles. The third-order valence-corrected chi connectivity index (χ3v) is 2.92. The van der Waals surface area contributed by atoms with Crippen LogP contribution >= 0.6 is 0 Å². The summed E-state index contributed by atoms with van der Waals surface area (Å²) >= 11 is 0. The summed E-state index contributed by atoms with van der Waals surface area (Å²) in [6.07, 6.45) is -3.97. The van der Waals surface area contributed by atoms with Crippen molar-refractivity contribution in [3.05, 3.63) is 35.6 Å². The van der Waals surface area contributed by atoms with Crippen LogP contribution in [0, 0.1) is 5.82 Å². The lowest BCUT2D eigenvalue weighted by Crippen LogP contribution is -2.44. The van der Waals surface area contributed by atoms with Crippen LogP contribution in [0.2, 0.25) is 0 Å². The number of carbonyl (C=O) groups is 3. The maximum absolute atomic E-state index is 12.9. The predicted molar refractivity (Wildman–Crippen MR) is 65.9 cm³/mol. The summed E-state index contributed by atoms with van der Waals surface area (Å²) in [6.45, 7) is 1.57. The molecule has 1 saturated heterocycles. The van der Waals surface area contributed by atoms with E-state index in [1.807, 2.05) is 0 Å². The van der Waals surface area contributed by atoms with Crippen molar-refractivity contribution >= 4 is 18.2 Å². The number of rotatable bonds is 3. The average Bonchev–Trinajstić information content (AvgIpc) is 2.77. The van der Waals surface area contributed by atoms with E-state index in [2.05, 4.69) is 0 Å². The summed E-state index contributed by atoms with van der Waals surface area (Å²) in [5, 5.41) is 9.04. The summed E-state index contributed by atoms with van der Waals surface area (Å²) in [4.78, 5) is 34.9. The second-order valence-electron chi connectivity index (χ2n) is 4.21. The maximum atomic E-state index is 12.9. The molecule has 2 unspecified atom stereocenters. The van der Waals surface area contributed by atoms with E-state index in [1.165, 1.54) is 12.1 Å². The van der Waals surface area contributed by atoms with Crippen molar-refractivity contribution in [1.82, 2.24) is 4.90 Å². The van der Waals surface area contributed by atoms with Gasteiger partial charge in [0.1, 0.15) is 5.82 Å². The lowest BCUT2D eigenvalue weighted by Gasteiger charge is -2.19. The Morgan fingerprint density at radius 2 is 2.00 bits per heavy atom. The van der Waals surface area contributed by atoms with Crippen molar-refractivity contribution in [1.29, 1.82) is 0 Å². The van der Waals surface area contributed by atoms with Gasteiger partial charge in [-0.25, -0.2) is 18.8 Å². The number of esters is 1. The Morgan fingerprint density at radius 3 is 2.52 bits per heavy atom. The molecule has 21 heavy (non-hydrogen) atoms. The minimum atomic E-state index is -1.62. The molecule has 0 radical (unpaired) electrons. The molecule has 7 nitrogen and oxygen atoms in total. The highest BCUT2D eigenvalue weighted by Crippen LogP contribution is 2.33. The number of cyclic esters (lactones) is 1. The van der Waals surface area contributed by atoms with E-state index in [0.717, 1.165) is 12.1 Å². The van der Waals surface area contributed by atoms with Crippen molar-refractivity contribution in [3.8, 4) is 0 Å². The smallest absolute Gasteiger partial charge is 0.420 e. The van der Waals surface area contributed by atoms with Gasteiger partial charge < -0.3 is 14.6 Å². The first-order valence-electron chi connectivity index (χ1n) is 6.10. The lowest BCUT2D eigenvalue weighted by atomic mass is 10.0. The van der Waals surface area contributed by atoms with Crippen molar-refractivity contribution < 1.29 is 33.4 Å². The van der Waals surface area contributed by atoms with Crippen molar-refractivity contribution in [2.24, 2.45) is 0 Å². The predicted octanol–water partition coefficient (Wildman–Crippen LogP) is 1.93. The zero-order valence-corrected chi connectivity index (χ0v) is 11.0. The Morgan fingerprint density at radius 1 is 1.38 bits per heavy atom. The first kappa shape index (κ1) is 14.8. The first-order valence-corrected chi connectivity index (χ1v) is 6.10. The highest BCUT2D eigenvalue weighted by Gasteiger charge is 2.51. The molecule has 1 aliphatic rings. The van der Waals surface area contributed by atoms with E-state index >= 15 is 0 Å². The van der Waals surface area contributed by atoms with Gasteiger partial charge >= 0.3 is 18.2 Å². The number of nitrogens with zero attached hydrogens (tertiary/aromatic N) is 1. The number of hydrogen-bond acceptors (Lipinski definition) is 5. The molecule has 1 aliphatic heterocycles. The maximum Gasteiger partial charge on any atom is 0.420 e. The van der Waals surface area contributed by atoms with Gasteiger partial charge in [-0.2, -0.15) is 4.90 Å². The molecule has 1 fully saturated rings. The molecule has 2 amide bonds. The van der Waals surface area contributed by atoms with Crippen LogP contribution in [0.4, 0.5) is 14.0 Å². The van der Waals surface area contributed by atoms with Crippen molar-refractivity contribution in [2.75, 3.05) is 6.61 Å². The highest BCUT2D eigenvalue weighted by molar-refractivity contribution is 5.96. The summed E-state index contributed by atoms with van der Waals surface area (Å²) in [6, 6.07) is 3.40. The molecule has 0 bridgehead atoms. The summed E-state index contributed by atoms with van der Waals surface area (Å²) < 4.78 is 22.6. The number of ether oxygens (including phenoxy) is 2. The third-order valence-electron chi connectivity index (χ3n) is 2.92. The monoisotopic (exact) mass is 297 g/mol. The van der Waals surface area contributed by atoms with Gasteiger partial charge in [0, 0.05) is 0 Å². The van der Waals surface area contributed by atoms with E-state index in [0.29, 0.717) is 5.56 Å². The number of benzene rings is 1. The minimum Gasteiger partial charge on any atom is -0.464 e. The normalized spacial score (nSPS) is 21.0. The molecule has 8 heteroatoms. The van der Waals surface area contributed by atoms with Crippen LogP contribution in [0.1, 0.15) is 18.6 Å². The van der Waals surface area contributed by atoms with Gasteiger partial charge in [-0.05, 0) is 24.6 Å². The Kier molecular flexibility index (Phi) is 4.06. The van der Waals surface area contributed by atoms with Gasteiger partial charge in [-0.3, -0.25) is 0 Å². The lowest BCUT2D eigenvalue weighted by molar-refractivity contribution is -0.148. The van der Waals surface area contributed by atoms with E-state index in [4.69, 9.17) is 14.6 Å². The van der Waals surface area contributed by atoms with Crippen LogP contribution in [0.3, 0.4) is 0 Å². The van der Waals surface area contributed by atoms with E-state index < -0.39 is 36.1 Å². The molecule has 2 rings (SSSR count). The Labute approximate surface area is 118 Å². The molecular weight excluding hydrogens is 285 g/mol. The Bertz CT molecular complexity index is 573. The van der Waals surface area contributed by atoms with Gasteiger partial charge in [0.2, 0.25) is 0 Å². The topological polar surface area (TPSA) is 93.1 Å². The van der Waals surface area contributed by atoms with Crippen molar-refractivity contribution in [2.45, 2.75) is 19.1 Å². The first-order chi connectivity index (χ1) is 9.95. The molecule has 1 aromatic carbocycles. The average molecular weight is 297 g/mol. The van der Waals surface area contributed by atoms with Crippen LogP contribution in [-0.2, 0) is 14.3 Å². The second kappa shape index (κ2) is 5.78. The van der Waals surface area contributed by atoms with Gasteiger partial charge in [0.05, 0.1) is 6.61 Å².